The summed E-state index contributed by atoms with van der Waals surface area (Å²) in [4.78, 5) is 41.0. The van der Waals surface area contributed by atoms with Crippen LogP contribution in [-0.4, -0.2) is 31.9 Å². The molecule has 0 unspecified atom stereocenters. The zero-order valence-electron chi connectivity index (χ0n) is 16.0. The van der Waals surface area contributed by atoms with Crippen LogP contribution in [0.25, 0.3) is 16.8 Å². The van der Waals surface area contributed by atoms with Gasteiger partial charge in [0.15, 0.2) is 0 Å². The predicted octanol–water partition coefficient (Wildman–Crippen LogP) is 3.57. The Bertz CT molecular complexity index is 1160. The van der Waals surface area contributed by atoms with E-state index in [0.717, 1.165) is 21.4 Å². The van der Waals surface area contributed by atoms with Crippen LogP contribution < -0.4 is 15.1 Å². The molecule has 4 rings (SSSR count). The maximum absolute atomic E-state index is 13.1. The lowest BCUT2D eigenvalue weighted by molar-refractivity contribution is -0.122. The zero-order valence-corrected chi connectivity index (χ0v) is 16.0. The number of hydrogen-bond acceptors (Lipinski definition) is 4. The Morgan fingerprint density at radius 1 is 0.862 bits per heavy atom. The first-order valence-corrected chi connectivity index (χ1v) is 9.12. The topological polar surface area (TPSA) is 69.7 Å². The van der Waals surface area contributed by atoms with Gasteiger partial charge in [-0.3, -0.25) is 14.9 Å². The van der Waals surface area contributed by atoms with E-state index >= 15 is 0 Å². The minimum Gasteiger partial charge on any atom is -0.378 e. The molecule has 3 aromatic carbocycles. The summed E-state index contributed by atoms with van der Waals surface area (Å²) in [5, 5.41) is 3.92. The van der Waals surface area contributed by atoms with Crippen molar-refractivity contribution in [2.75, 3.05) is 23.9 Å². The van der Waals surface area contributed by atoms with Crippen molar-refractivity contribution >= 4 is 46.1 Å². The number of nitrogens with one attached hydrogen (secondary N) is 1. The lowest BCUT2D eigenvalue weighted by Crippen LogP contribution is -2.54. The highest BCUT2D eigenvalue weighted by Crippen LogP contribution is 2.29. The van der Waals surface area contributed by atoms with Crippen LogP contribution in [0.4, 0.5) is 16.2 Å². The summed E-state index contributed by atoms with van der Waals surface area (Å²) in [6.07, 6.45) is 1.50. The van der Waals surface area contributed by atoms with Gasteiger partial charge < -0.3 is 4.90 Å². The van der Waals surface area contributed by atoms with Crippen LogP contribution in [0.5, 0.6) is 0 Å². The molecule has 1 heterocycles. The molecule has 3 aromatic rings. The molecule has 1 fully saturated rings. The number of urea groups is 1. The maximum Gasteiger partial charge on any atom is 0.335 e. The molecular weight excluding hydrogens is 366 g/mol. The number of anilines is 2. The van der Waals surface area contributed by atoms with E-state index in [2.05, 4.69) is 5.32 Å². The molecule has 1 aliphatic rings. The average Bonchev–Trinajstić information content (AvgIpc) is 2.71. The van der Waals surface area contributed by atoms with Gasteiger partial charge in [-0.05, 0) is 35.2 Å². The van der Waals surface area contributed by atoms with Crippen molar-refractivity contribution in [1.29, 1.82) is 0 Å². The van der Waals surface area contributed by atoms with Gasteiger partial charge in [-0.1, -0.05) is 48.5 Å². The van der Waals surface area contributed by atoms with Gasteiger partial charge in [0.1, 0.15) is 5.57 Å². The number of amides is 4. The number of imide groups is 2. The van der Waals surface area contributed by atoms with Crippen molar-refractivity contribution in [3.63, 3.8) is 0 Å². The highest BCUT2D eigenvalue weighted by atomic mass is 16.2. The normalized spacial score (nSPS) is 15.7. The number of hydrogen-bond donors (Lipinski definition) is 1. The van der Waals surface area contributed by atoms with Crippen LogP contribution in [0, 0.1) is 0 Å². The van der Waals surface area contributed by atoms with Crippen molar-refractivity contribution in [3.05, 3.63) is 77.9 Å². The quantitative estimate of drug-likeness (QED) is 0.553. The number of fused-ring (bicyclic) bond motifs is 1. The number of benzene rings is 3. The molecule has 0 bridgehead atoms. The number of barbiturate groups is 1. The van der Waals surface area contributed by atoms with Gasteiger partial charge in [0.05, 0.1) is 5.69 Å². The third-order valence-electron chi connectivity index (χ3n) is 4.83. The van der Waals surface area contributed by atoms with Crippen LogP contribution in [0.1, 0.15) is 5.56 Å². The smallest absolute Gasteiger partial charge is 0.335 e. The van der Waals surface area contributed by atoms with E-state index in [1.807, 2.05) is 73.6 Å². The fourth-order valence-corrected chi connectivity index (χ4v) is 3.31. The monoisotopic (exact) mass is 385 g/mol. The van der Waals surface area contributed by atoms with Gasteiger partial charge in [0, 0.05) is 25.2 Å². The lowest BCUT2D eigenvalue weighted by Gasteiger charge is -2.27. The van der Waals surface area contributed by atoms with Crippen molar-refractivity contribution in [3.8, 4) is 0 Å². The van der Waals surface area contributed by atoms with E-state index in [0.29, 0.717) is 11.3 Å². The predicted molar refractivity (Wildman–Crippen MR) is 114 cm³/mol. The van der Waals surface area contributed by atoms with Gasteiger partial charge in [-0.25, -0.2) is 9.69 Å². The van der Waals surface area contributed by atoms with Crippen molar-refractivity contribution in [2.24, 2.45) is 0 Å². The Morgan fingerprint density at radius 2 is 1.55 bits per heavy atom. The Kier molecular flexibility index (Phi) is 4.60. The van der Waals surface area contributed by atoms with E-state index in [4.69, 9.17) is 0 Å². The summed E-state index contributed by atoms with van der Waals surface area (Å²) >= 11 is 0. The van der Waals surface area contributed by atoms with E-state index in [9.17, 15) is 14.4 Å². The molecule has 0 spiro atoms. The van der Waals surface area contributed by atoms with Gasteiger partial charge in [0.2, 0.25) is 0 Å². The summed E-state index contributed by atoms with van der Waals surface area (Å²) in [6.45, 7) is 0. The Labute approximate surface area is 168 Å². The van der Waals surface area contributed by atoms with Gasteiger partial charge in [0.25, 0.3) is 11.8 Å². The molecule has 144 valence electrons. The third-order valence-corrected chi connectivity index (χ3v) is 4.83. The zero-order chi connectivity index (χ0) is 20.5. The summed E-state index contributed by atoms with van der Waals surface area (Å²) in [5.74, 6) is -1.35. The minimum absolute atomic E-state index is 0.0878. The fourth-order valence-electron chi connectivity index (χ4n) is 3.31. The molecule has 6 nitrogen and oxygen atoms in total. The molecule has 4 amide bonds. The SMILES string of the molecule is CN(C)c1ccc(/C=C2/C(=O)NC(=O)N(c3cccc4ccccc34)C2=O)cc1. The number of rotatable bonds is 3. The number of carbonyl (C=O) groups excluding carboxylic acids is 3. The first kappa shape index (κ1) is 18.4. The third kappa shape index (κ3) is 3.36. The molecule has 6 heteroatoms. The molecule has 29 heavy (non-hydrogen) atoms. The summed E-state index contributed by atoms with van der Waals surface area (Å²) in [7, 11) is 3.86. The van der Waals surface area contributed by atoms with Gasteiger partial charge in [-0.15, -0.1) is 0 Å². The molecule has 0 saturated carbocycles. The summed E-state index contributed by atoms with van der Waals surface area (Å²) in [5.41, 5.74) is 2.04. The number of nitrogens with zero attached hydrogens (tertiary/aromatic N) is 2. The van der Waals surface area contributed by atoms with Gasteiger partial charge >= 0.3 is 6.03 Å². The second kappa shape index (κ2) is 7.24. The van der Waals surface area contributed by atoms with Crippen LogP contribution in [0.15, 0.2) is 72.3 Å². The van der Waals surface area contributed by atoms with E-state index in [-0.39, 0.29) is 5.57 Å². The molecule has 0 atom stereocenters. The first-order valence-electron chi connectivity index (χ1n) is 9.12. The second-order valence-electron chi connectivity index (χ2n) is 6.94. The standard InChI is InChI=1S/C23H19N3O3/c1-25(2)17-12-10-15(11-13-17)14-19-21(27)24-23(29)26(22(19)28)20-9-5-7-16-6-3-4-8-18(16)20/h3-14H,1-2H3,(H,24,27,29)/b19-14-. The maximum atomic E-state index is 13.1. The van der Waals surface area contributed by atoms with Crippen LogP contribution in [-0.2, 0) is 9.59 Å². The summed E-state index contributed by atoms with van der Waals surface area (Å²) < 4.78 is 0. The van der Waals surface area contributed by atoms with E-state index < -0.39 is 17.8 Å². The first-order chi connectivity index (χ1) is 14.0. The molecular formula is C23H19N3O3. The molecule has 0 aliphatic carbocycles. The molecule has 0 aromatic heterocycles. The summed E-state index contributed by atoms with van der Waals surface area (Å²) in [6, 6.07) is 19.5. The molecule has 0 radical (unpaired) electrons. The van der Waals surface area contributed by atoms with Crippen LogP contribution in [0.3, 0.4) is 0 Å². The van der Waals surface area contributed by atoms with E-state index in [1.54, 1.807) is 12.1 Å². The molecule has 1 saturated heterocycles. The minimum atomic E-state index is -0.753. The Hall–Kier alpha value is -3.93. The Morgan fingerprint density at radius 3 is 2.28 bits per heavy atom. The molecule has 1 aliphatic heterocycles. The van der Waals surface area contributed by atoms with Crippen molar-refractivity contribution in [1.82, 2.24) is 5.32 Å². The average molecular weight is 385 g/mol. The Balaban J connectivity index is 1.76. The van der Waals surface area contributed by atoms with Crippen molar-refractivity contribution in [2.45, 2.75) is 0 Å². The molecule has 1 N–H and O–H groups in total. The van der Waals surface area contributed by atoms with Crippen LogP contribution >= 0.6 is 0 Å². The second-order valence-corrected chi connectivity index (χ2v) is 6.94. The lowest BCUT2D eigenvalue weighted by atomic mass is 10.0. The highest BCUT2D eigenvalue weighted by molar-refractivity contribution is 6.40. The van der Waals surface area contributed by atoms with Gasteiger partial charge in [-0.2, -0.15) is 0 Å². The number of carbonyl (C=O) groups is 3. The fraction of sp³-hybridized carbons (Fsp3) is 0.0870. The van der Waals surface area contributed by atoms with Crippen molar-refractivity contribution < 1.29 is 14.4 Å². The largest absolute Gasteiger partial charge is 0.378 e. The van der Waals surface area contributed by atoms with E-state index in [1.165, 1.54) is 6.08 Å². The highest BCUT2D eigenvalue weighted by Gasteiger charge is 2.37. The van der Waals surface area contributed by atoms with Crippen LogP contribution in [0.2, 0.25) is 0 Å².